The summed E-state index contributed by atoms with van der Waals surface area (Å²) in [5.41, 5.74) is 3.91. The van der Waals surface area contributed by atoms with Crippen molar-refractivity contribution in [2.75, 3.05) is 6.61 Å². The normalized spacial score (nSPS) is 23.7. The first-order valence-electron chi connectivity index (χ1n) is 5.04. The summed E-state index contributed by atoms with van der Waals surface area (Å²) < 4.78 is 5.79. The highest BCUT2D eigenvalue weighted by Crippen LogP contribution is 2.36. The summed E-state index contributed by atoms with van der Waals surface area (Å²) in [7, 11) is 0. The minimum absolute atomic E-state index is 0.185. The molecule has 1 atom stereocenters. The van der Waals surface area contributed by atoms with Crippen molar-refractivity contribution in [3.05, 3.63) is 53.1 Å². The van der Waals surface area contributed by atoms with Crippen LogP contribution in [-0.2, 0) is 4.74 Å². The third kappa shape index (κ3) is 1.13. The molecule has 0 saturated heterocycles. The smallest absolute Gasteiger partial charge is 0.108 e. The van der Waals surface area contributed by atoms with Crippen LogP contribution in [0.5, 0.6) is 0 Å². The molecule has 1 aromatic carbocycles. The van der Waals surface area contributed by atoms with Crippen LogP contribution < -0.4 is 0 Å². The largest absolute Gasteiger partial charge is 0.368 e. The first-order valence-corrected chi connectivity index (χ1v) is 5.04. The fourth-order valence-electron chi connectivity index (χ4n) is 2.13. The van der Waals surface area contributed by atoms with Crippen molar-refractivity contribution in [2.24, 2.45) is 0 Å². The van der Waals surface area contributed by atoms with Gasteiger partial charge in [-0.25, -0.2) is 0 Å². The lowest BCUT2D eigenvalue weighted by molar-refractivity contribution is 0.0727. The van der Waals surface area contributed by atoms with Crippen LogP contribution in [0.2, 0.25) is 0 Å². The molecule has 1 aliphatic heterocycles. The van der Waals surface area contributed by atoms with Crippen molar-refractivity contribution in [3.8, 4) is 0 Å². The first kappa shape index (κ1) is 8.01. The predicted octanol–water partition coefficient (Wildman–Crippen LogP) is 3.10. The lowest BCUT2D eigenvalue weighted by Crippen LogP contribution is -2.15. The standard InChI is InChI=1S/C13H12O/c1-2-6-12-10(4-1)7-8-11-5-3-9-14-13(11)12/h1-2,4-8,13H,3,9H2. The number of rotatable bonds is 0. The minimum Gasteiger partial charge on any atom is -0.368 e. The molecule has 0 aromatic heterocycles. The zero-order valence-electron chi connectivity index (χ0n) is 7.94. The maximum atomic E-state index is 5.79. The van der Waals surface area contributed by atoms with Gasteiger partial charge in [0.05, 0.1) is 6.61 Å². The average Bonchev–Trinajstić information content (AvgIpc) is 2.29. The quantitative estimate of drug-likeness (QED) is 0.602. The maximum absolute atomic E-state index is 5.79. The van der Waals surface area contributed by atoms with Gasteiger partial charge in [0.15, 0.2) is 0 Å². The summed E-state index contributed by atoms with van der Waals surface area (Å²) in [6, 6.07) is 8.44. The van der Waals surface area contributed by atoms with Gasteiger partial charge in [0.2, 0.25) is 0 Å². The van der Waals surface area contributed by atoms with Gasteiger partial charge in [-0.15, -0.1) is 0 Å². The Bertz CT molecular complexity index is 415. The molecule has 1 unspecified atom stereocenters. The van der Waals surface area contributed by atoms with E-state index in [-0.39, 0.29) is 6.10 Å². The Morgan fingerprint density at radius 1 is 1.14 bits per heavy atom. The lowest BCUT2D eigenvalue weighted by Gasteiger charge is -2.27. The fourth-order valence-corrected chi connectivity index (χ4v) is 2.13. The number of hydrogen-bond donors (Lipinski definition) is 0. The molecule has 0 N–H and O–H groups in total. The molecule has 1 heteroatoms. The van der Waals surface area contributed by atoms with Crippen LogP contribution in [0.4, 0.5) is 0 Å². The van der Waals surface area contributed by atoms with E-state index in [1.807, 2.05) is 0 Å². The maximum Gasteiger partial charge on any atom is 0.108 e. The summed E-state index contributed by atoms with van der Waals surface area (Å²) in [5, 5.41) is 0. The summed E-state index contributed by atoms with van der Waals surface area (Å²) >= 11 is 0. The van der Waals surface area contributed by atoms with Crippen molar-refractivity contribution >= 4 is 6.08 Å². The molecule has 0 fully saturated rings. The van der Waals surface area contributed by atoms with Gasteiger partial charge < -0.3 is 4.74 Å². The zero-order chi connectivity index (χ0) is 9.38. The second-order valence-corrected chi connectivity index (χ2v) is 3.71. The highest BCUT2D eigenvalue weighted by atomic mass is 16.5. The van der Waals surface area contributed by atoms with Crippen LogP contribution in [0.25, 0.3) is 6.08 Å². The van der Waals surface area contributed by atoms with E-state index in [9.17, 15) is 0 Å². The number of ether oxygens (including phenoxy) is 1. The zero-order valence-corrected chi connectivity index (χ0v) is 7.94. The predicted molar refractivity (Wildman–Crippen MR) is 56.9 cm³/mol. The molecule has 70 valence electrons. The molecular weight excluding hydrogens is 172 g/mol. The molecule has 1 heterocycles. The van der Waals surface area contributed by atoms with Crippen molar-refractivity contribution in [1.29, 1.82) is 0 Å². The second-order valence-electron chi connectivity index (χ2n) is 3.71. The van der Waals surface area contributed by atoms with Crippen molar-refractivity contribution in [1.82, 2.24) is 0 Å². The van der Waals surface area contributed by atoms with Gasteiger partial charge in [0.25, 0.3) is 0 Å². The minimum atomic E-state index is 0.185. The lowest BCUT2D eigenvalue weighted by atomic mass is 9.89. The Kier molecular flexibility index (Phi) is 1.78. The van der Waals surface area contributed by atoms with Crippen LogP contribution in [0, 0.1) is 0 Å². The van der Waals surface area contributed by atoms with Gasteiger partial charge in [-0.05, 0) is 23.1 Å². The van der Waals surface area contributed by atoms with Gasteiger partial charge in [0.1, 0.15) is 6.10 Å². The summed E-state index contributed by atoms with van der Waals surface area (Å²) in [6.07, 6.45) is 7.85. The number of fused-ring (bicyclic) bond motifs is 3. The molecule has 0 spiro atoms. The van der Waals surface area contributed by atoms with Crippen molar-refractivity contribution in [3.63, 3.8) is 0 Å². The molecular formula is C13H12O. The van der Waals surface area contributed by atoms with Crippen LogP contribution >= 0.6 is 0 Å². The van der Waals surface area contributed by atoms with Crippen molar-refractivity contribution in [2.45, 2.75) is 12.5 Å². The third-order valence-corrected chi connectivity index (χ3v) is 2.82. The Labute approximate surface area is 83.7 Å². The Balaban J connectivity index is 2.15. The van der Waals surface area contributed by atoms with E-state index < -0.39 is 0 Å². The summed E-state index contributed by atoms with van der Waals surface area (Å²) in [5.74, 6) is 0. The van der Waals surface area contributed by atoms with Gasteiger partial charge in [-0.2, -0.15) is 0 Å². The highest BCUT2D eigenvalue weighted by molar-refractivity contribution is 5.63. The van der Waals surface area contributed by atoms with Gasteiger partial charge in [-0.3, -0.25) is 0 Å². The van der Waals surface area contributed by atoms with Gasteiger partial charge >= 0.3 is 0 Å². The molecule has 1 nitrogen and oxygen atoms in total. The van der Waals surface area contributed by atoms with E-state index in [4.69, 9.17) is 4.74 Å². The molecule has 0 saturated carbocycles. The molecule has 3 rings (SSSR count). The first-order chi connectivity index (χ1) is 6.95. The SMILES string of the molecule is C1=Cc2ccccc2C2OCCC=C12. The van der Waals surface area contributed by atoms with Crippen molar-refractivity contribution < 1.29 is 4.74 Å². The molecule has 0 radical (unpaired) electrons. The van der Waals surface area contributed by atoms with Gasteiger partial charge in [0, 0.05) is 0 Å². The molecule has 1 aromatic rings. The molecule has 0 bridgehead atoms. The molecule has 2 aliphatic rings. The van der Waals surface area contributed by atoms with Crippen LogP contribution in [0.3, 0.4) is 0 Å². The van der Waals surface area contributed by atoms with Crippen LogP contribution in [-0.4, -0.2) is 6.61 Å². The summed E-state index contributed by atoms with van der Waals surface area (Å²) in [6.45, 7) is 0.844. The summed E-state index contributed by atoms with van der Waals surface area (Å²) in [4.78, 5) is 0. The number of hydrogen-bond acceptors (Lipinski definition) is 1. The topological polar surface area (TPSA) is 9.23 Å². The van der Waals surface area contributed by atoms with Gasteiger partial charge in [-0.1, -0.05) is 42.5 Å². The van der Waals surface area contributed by atoms with E-state index in [0.717, 1.165) is 13.0 Å². The van der Waals surface area contributed by atoms with Crippen LogP contribution in [0.1, 0.15) is 23.7 Å². The molecule has 0 amide bonds. The molecule has 1 aliphatic carbocycles. The Morgan fingerprint density at radius 3 is 3.07 bits per heavy atom. The molecule has 14 heavy (non-hydrogen) atoms. The Morgan fingerprint density at radius 2 is 2.07 bits per heavy atom. The fraction of sp³-hybridized carbons (Fsp3) is 0.231. The Hall–Kier alpha value is -1.34. The van der Waals surface area contributed by atoms with E-state index in [1.165, 1.54) is 16.7 Å². The third-order valence-electron chi connectivity index (χ3n) is 2.82. The second kappa shape index (κ2) is 3.10. The highest BCUT2D eigenvalue weighted by Gasteiger charge is 2.23. The van der Waals surface area contributed by atoms with E-state index in [2.05, 4.69) is 42.5 Å². The van der Waals surface area contributed by atoms with E-state index in [0.29, 0.717) is 0 Å². The van der Waals surface area contributed by atoms with E-state index in [1.54, 1.807) is 0 Å². The average molecular weight is 184 g/mol. The van der Waals surface area contributed by atoms with Crippen LogP contribution in [0.15, 0.2) is 42.0 Å². The van der Waals surface area contributed by atoms with E-state index >= 15 is 0 Å². The number of benzene rings is 1. The monoisotopic (exact) mass is 184 g/mol.